The summed E-state index contributed by atoms with van der Waals surface area (Å²) >= 11 is 0. The smallest absolute Gasteiger partial charge is 0.410 e. The second kappa shape index (κ2) is 23.7. The van der Waals surface area contributed by atoms with E-state index in [9.17, 15) is 30.2 Å². The number of non-ortho nitro benzene ring substituents is 1. The predicted octanol–water partition coefficient (Wildman–Crippen LogP) is 7.57. The van der Waals surface area contributed by atoms with E-state index in [0.29, 0.717) is 61.7 Å². The molecule has 16 nitrogen and oxygen atoms in total. The molecule has 2 heterocycles. The zero-order valence-electron chi connectivity index (χ0n) is 36.1. The number of fused-ring (bicyclic) bond motifs is 2. The number of oxime groups is 1. The van der Waals surface area contributed by atoms with Crippen molar-refractivity contribution >= 4 is 17.5 Å². The van der Waals surface area contributed by atoms with Crippen LogP contribution in [0.4, 0.5) is 10.5 Å². The molecule has 1 amide bonds. The Morgan fingerprint density at radius 2 is 1.79 bits per heavy atom. The number of ether oxygens (including phenoxy) is 6. The quantitative estimate of drug-likeness (QED) is 0.0382. The average Bonchev–Trinajstić information content (AvgIpc) is 3.29. The van der Waals surface area contributed by atoms with Crippen LogP contribution in [0.15, 0.2) is 84.6 Å². The molecule has 63 heavy (non-hydrogen) atoms. The number of aliphatic hydroxyl groups is 3. The normalized spacial score (nSPS) is 25.4. The molecule has 2 aromatic rings. The third kappa shape index (κ3) is 11.7. The number of rotatable bonds is 25. The number of carbonyl (C=O) groups is 1. The molecule has 1 saturated heterocycles. The molecule has 0 spiro atoms. The first kappa shape index (κ1) is 47.6. The lowest BCUT2D eigenvalue weighted by Gasteiger charge is -2.59. The SMILES string of the molecule is C=CCCOC(=O)N(CCOCCO)[C@H]1CC(=NOC2CCCCO2)C2=C[C@H](CCCCO)[C@@H](CCCCO)[C@@H]3c4cc(Oc5cccc([N+](=O)[O-])c5)ccc4O[C@@]1(OCC=C)[C@H]23. The van der Waals surface area contributed by atoms with Crippen molar-refractivity contribution in [2.75, 3.05) is 59.4 Å². The van der Waals surface area contributed by atoms with Crippen LogP contribution in [0.2, 0.25) is 0 Å². The van der Waals surface area contributed by atoms with E-state index in [2.05, 4.69) is 19.2 Å². The van der Waals surface area contributed by atoms with Gasteiger partial charge >= 0.3 is 6.09 Å². The van der Waals surface area contributed by atoms with E-state index < -0.39 is 35.1 Å². The van der Waals surface area contributed by atoms with Crippen molar-refractivity contribution in [2.45, 2.75) is 94.7 Å². The minimum atomic E-state index is -1.56. The van der Waals surface area contributed by atoms with Crippen LogP contribution in [0.3, 0.4) is 0 Å². The van der Waals surface area contributed by atoms with Gasteiger partial charge in [-0.3, -0.25) is 15.0 Å². The molecule has 344 valence electrons. The van der Waals surface area contributed by atoms with Crippen molar-refractivity contribution in [3.8, 4) is 17.2 Å². The van der Waals surface area contributed by atoms with Crippen molar-refractivity contribution in [1.29, 1.82) is 0 Å². The minimum Gasteiger partial charge on any atom is -0.459 e. The highest BCUT2D eigenvalue weighted by Gasteiger charge is 2.65. The molecule has 0 bridgehead atoms. The number of amides is 1. The number of nitro benzene ring substituents is 1. The molecular weight excluding hydrogens is 815 g/mol. The fraction of sp³-hybridized carbons (Fsp3) is 0.574. The highest BCUT2D eigenvalue weighted by Crippen LogP contribution is 2.62. The summed E-state index contributed by atoms with van der Waals surface area (Å²) in [6, 6.07) is 10.6. The highest BCUT2D eigenvalue weighted by atomic mass is 16.8. The summed E-state index contributed by atoms with van der Waals surface area (Å²) in [5.41, 5.74) is 2.15. The fourth-order valence-corrected chi connectivity index (χ4v) is 9.44. The second-order valence-corrected chi connectivity index (χ2v) is 16.3. The van der Waals surface area contributed by atoms with Gasteiger partial charge in [0.2, 0.25) is 12.1 Å². The van der Waals surface area contributed by atoms with Gasteiger partial charge in [0.05, 0.1) is 62.3 Å². The summed E-state index contributed by atoms with van der Waals surface area (Å²) < 4.78 is 38.2. The van der Waals surface area contributed by atoms with Gasteiger partial charge in [-0.1, -0.05) is 42.3 Å². The summed E-state index contributed by atoms with van der Waals surface area (Å²) in [7, 11) is 0. The monoisotopic (exact) mass is 877 g/mol. The van der Waals surface area contributed by atoms with Crippen molar-refractivity contribution in [1.82, 2.24) is 4.90 Å². The Bertz CT molecular complexity index is 1900. The first-order valence-electron chi connectivity index (χ1n) is 22.3. The van der Waals surface area contributed by atoms with E-state index >= 15 is 0 Å². The lowest BCUT2D eigenvalue weighted by atomic mass is 9.55. The second-order valence-electron chi connectivity index (χ2n) is 16.3. The number of nitro groups is 1. The molecule has 2 aliphatic heterocycles. The van der Waals surface area contributed by atoms with E-state index in [0.717, 1.165) is 43.2 Å². The van der Waals surface area contributed by atoms with E-state index in [1.807, 2.05) is 12.1 Å². The number of nitrogens with zero attached hydrogens (tertiary/aromatic N) is 3. The summed E-state index contributed by atoms with van der Waals surface area (Å²) in [6.45, 7) is 8.57. The lowest BCUT2D eigenvalue weighted by Crippen LogP contribution is -2.70. The maximum Gasteiger partial charge on any atom is 0.410 e. The molecule has 7 atom stereocenters. The Morgan fingerprint density at radius 1 is 0.984 bits per heavy atom. The fourth-order valence-electron chi connectivity index (χ4n) is 9.44. The van der Waals surface area contributed by atoms with Gasteiger partial charge in [-0.25, -0.2) is 4.79 Å². The molecule has 0 aromatic heterocycles. The summed E-state index contributed by atoms with van der Waals surface area (Å²) in [5, 5.41) is 45.9. The first-order chi connectivity index (χ1) is 30.8. The molecule has 1 saturated carbocycles. The number of unbranched alkanes of at least 4 members (excludes halogenated alkanes) is 2. The van der Waals surface area contributed by atoms with Gasteiger partial charge in [0.1, 0.15) is 23.3 Å². The topological polar surface area (TPSA) is 201 Å². The van der Waals surface area contributed by atoms with Gasteiger partial charge in [-0.05, 0) is 86.6 Å². The third-order valence-corrected chi connectivity index (χ3v) is 12.2. The minimum absolute atomic E-state index is 0.0181. The summed E-state index contributed by atoms with van der Waals surface area (Å²) in [6.07, 6.45) is 11.6. The number of aliphatic hydroxyl groups excluding tert-OH is 3. The number of carbonyl (C=O) groups excluding carboxylic acids is 1. The standard InChI is InChI=1S/C47H63N3O13/c1-3-5-25-59-46(54)49(20-27-57-28-23-53)42-32-40(48-63-43-17-8-11-26-58-43)38-29-33(13-6-9-21-51)37(16-7-10-22-52)44-39-31-36(61-35-15-12-14-34(30-35)50(55)56)18-19-41(39)62-47(42,45(38)44)60-24-4-2/h3-4,12,14-15,18-19,29-31,33,37,42-45,51-53H,1-2,5-11,13,16-17,20-28,32H2/t33-,37+,42-,43?,44+,45+,47+/m0/s1. The van der Waals surface area contributed by atoms with Crippen LogP contribution in [0.1, 0.15) is 82.1 Å². The number of hydrogen-bond acceptors (Lipinski definition) is 14. The number of hydrogen-bond donors (Lipinski definition) is 3. The number of benzene rings is 2. The van der Waals surface area contributed by atoms with Gasteiger partial charge in [-0.2, -0.15) is 0 Å². The molecule has 2 aromatic carbocycles. The zero-order valence-corrected chi connectivity index (χ0v) is 36.1. The third-order valence-electron chi connectivity index (χ3n) is 12.2. The van der Waals surface area contributed by atoms with Crippen LogP contribution in [0.25, 0.3) is 0 Å². The molecule has 2 aliphatic carbocycles. The van der Waals surface area contributed by atoms with E-state index in [1.165, 1.54) is 12.1 Å². The molecule has 0 radical (unpaired) electrons. The van der Waals surface area contributed by atoms with Crippen molar-refractivity contribution < 1.29 is 58.3 Å². The lowest BCUT2D eigenvalue weighted by molar-refractivity contribution is -0.384. The van der Waals surface area contributed by atoms with Gasteiger partial charge in [0.25, 0.3) is 5.69 Å². The molecule has 6 rings (SSSR count). The van der Waals surface area contributed by atoms with Crippen LogP contribution in [0, 0.1) is 27.9 Å². The Hall–Kier alpha value is -4.84. The van der Waals surface area contributed by atoms with Gasteiger partial charge in [-0.15, -0.1) is 13.2 Å². The Labute approximate surface area is 369 Å². The maximum absolute atomic E-state index is 14.4. The molecule has 1 unspecified atom stereocenters. The van der Waals surface area contributed by atoms with Crippen molar-refractivity contribution in [2.24, 2.45) is 22.9 Å². The van der Waals surface area contributed by atoms with Crippen molar-refractivity contribution in [3.05, 3.63) is 95.1 Å². The van der Waals surface area contributed by atoms with E-state index in [4.69, 9.17) is 38.4 Å². The van der Waals surface area contributed by atoms with E-state index in [1.54, 1.807) is 35.3 Å². The first-order valence-corrected chi connectivity index (χ1v) is 22.3. The van der Waals surface area contributed by atoms with Crippen LogP contribution < -0.4 is 9.47 Å². The largest absolute Gasteiger partial charge is 0.459 e. The summed E-state index contributed by atoms with van der Waals surface area (Å²) in [4.78, 5) is 33.4. The Morgan fingerprint density at radius 3 is 2.52 bits per heavy atom. The summed E-state index contributed by atoms with van der Waals surface area (Å²) in [5.74, 6) is -1.37. The Balaban J connectivity index is 1.57. The molecule has 4 aliphatic rings. The molecule has 2 fully saturated rings. The van der Waals surface area contributed by atoms with E-state index in [-0.39, 0.29) is 82.7 Å². The predicted molar refractivity (Wildman–Crippen MR) is 234 cm³/mol. The van der Waals surface area contributed by atoms with Crippen molar-refractivity contribution in [3.63, 3.8) is 0 Å². The zero-order chi connectivity index (χ0) is 44.6. The highest BCUT2D eigenvalue weighted by molar-refractivity contribution is 6.03. The molecule has 3 N–H and O–H groups in total. The van der Waals surface area contributed by atoms with Crippen LogP contribution in [-0.2, 0) is 23.8 Å². The average molecular weight is 878 g/mol. The van der Waals surface area contributed by atoms with Crippen LogP contribution >= 0.6 is 0 Å². The van der Waals surface area contributed by atoms with Crippen LogP contribution in [-0.4, -0.2) is 114 Å². The van der Waals surface area contributed by atoms with Gasteiger partial charge < -0.3 is 48.6 Å². The van der Waals surface area contributed by atoms with Gasteiger partial charge in [0, 0.05) is 50.1 Å². The van der Waals surface area contributed by atoms with Crippen LogP contribution in [0.5, 0.6) is 17.2 Å². The maximum atomic E-state index is 14.4. The number of allylic oxidation sites excluding steroid dienone is 1. The van der Waals surface area contributed by atoms with Gasteiger partial charge in [0.15, 0.2) is 0 Å². The Kier molecular flexibility index (Phi) is 17.9. The molecular formula is C47H63N3O13. The molecule has 16 heteroatoms.